The van der Waals surface area contributed by atoms with Crippen molar-refractivity contribution in [1.82, 2.24) is 14.9 Å². The highest BCUT2D eigenvalue weighted by atomic mass is 19.4. The van der Waals surface area contributed by atoms with Gasteiger partial charge in [-0.15, -0.1) is 0 Å². The highest BCUT2D eigenvalue weighted by Gasteiger charge is 2.30. The number of benzene rings is 1. The lowest BCUT2D eigenvalue weighted by atomic mass is 9.91. The second kappa shape index (κ2) is 6.63. The van der Waals surface area contributed by atoms with E-state index in [1.807, 2.05) is 7.05 Å². The Kier molecular flexibility index (Phi) is 4.69. The molecule has 1 heterocycles. The molecule has 134 valence electrons. The molecule has 0 radical (unpaired) electrons. The van der Waals surface area contributed by atoms with E-state index in [0.29, 0.717) is 18.8 Å². The number of aryl methyl sites for hydroxylation is 2. The third-order valence-electron chi connectivity index (χ3n) is 4.71. The van der Waals surface area contributed by atoms with Crippen molar-refractivity contribution in [1.29, 1.82) is 0 Å². The maximum atomic E-state index is 12.6. The van der Waals surface area contributed by atoms with Crippen LogP contribution in [0.3, 0.4) is 0 Å². The first-order valence-electron chi connectivity index (χ1n) is 8.19. The molecule has 1 aliphatic rings. The van der Waals surface area contributed by atoms with Crippen molar-refractivity contribution in [3.8, 4) is 0 Å². The summed E-state index contributed by atoms with van der Waals surface area (Å²) >= 11 is 0. The third-order valence-corrected chi connectivity index (χ3v) is 4.71. The van der Waals surface area contributed by atoms with Crippen molar-refractivity contribution < 1.29 is 13.2 Å². The van der Waals surface area contributed by atoms with E-state index in [2.05, 4.69) is 14.9 Å². The van der Waals surface area contributed by atoms with Gasteiger partial charge in [0, 0.05) is 18.2 Å². The number of fused-ring (bicyclic) bond motifs is 1. The van der Waals surface area contributed by atoms with Crippen LogP contribution in [0.4, 0.5) is 13.2 Å². The van der Waals surface area contributed by atoms with Gasteiger partial charge in [0.1, 0.15) is 5.82 Å². The number of nitrogens with zero attached hydrogens (tertiary/aromatic N) is 2. The average Bonchev–Trinajstić information content (AvgIpc) is 2.54. The summed E-state index contributed by atoms with van der Waals surface area (Å²) in [7, 11) is 1.93. The van der Waals surface area contributed by atoms with Crippen LogP contribution < -0.4 is 5.56 Å². The molecule has 25 heavy (non-hydrogen) atoms. The van der Waals surface area contributed by atoms with Crippen LogP contribution in [0.15, 0.2) is 29.1 Å². The highest BCUT2D eigenvalue weighted by molar-refractivity contribution is 5.25. The second-order valence-corrected chi connectivity index (χ2v) is 6.58. The zero-order chi connectivity index (χ0) is 18.2. The molecule has 0 aliphatic heterocycles. The molecule has 0 bridgehead atoms. The Hall–Kier alpha value is -2.15. The van der Waals surface area contributed by atoms with Crippen molar-refractivity contribution in [2.75, 3.05) is 7.05 Å². The number of nitrogens with one attached hydrogen (secondary N) is 1. The standard InChI is InChI=1S/C18H20F3N3O/c1-11-22-16-8-7-14(9-15(16)17(25)23-11)24(2)10-12-3-5-13(6-4-12)18(19,20)21/h3-6,14H,7-10H2,1-2H3,(H,22,23,25). The molecule has 0 spiro atoms. The molecule has 4 nitrogen and oxygen atoms in total. The van der Waals surface area contributed by atoms with Crippen molar-refractivity contribution >= 4 is 0 Å². The summed E-state index contributed by atoms with van der Waals surface area (Å²) in [5, 5.41) is 0. The summed E-state index contributed by atoms with van der Waals surface area (Å²) in [4.78, 5) is 21.4. The van der Waals surface area contributed by atoms with Crippen molar-refractivity contribution in [2.45, 2.75) is 44.9 Å². The predicted molar refractivity (Wildman–Crippen MR) is 88.3 cm³/mol. The van der Waals surface area contributed by atoms with Gasteiger partial charge in [0.15, 0.2) is 0 Å². The average molecular weight is 351 g/mol. The number of aromatic nitrogens is 2. The van der Waals surface area contributed by atoms with Gasteiger partial charge in [-0.05, 0) is 50.9 Å². The molecule has 7 heteroatoms. The molecule has 3 rings (SSSR count). The minimum absolute atomic E-state index is 0.0878. The molecule has 0 fully saturated rings. The SMILES string of the molecule is Cc1nc2c(c(=O)[nH]1)CC(N(C)Cc1ccc(C(F)(F)F)cc1)CC2. The molecule has 0 saturated heterocycles. The Morgan fingerprint density at radius 1 is 1.28 bits per heavy atom. The number of H-pyrrole nitrogens is 1. The molecule has 1 atom stereocenters. The summed E-state index contributed by atoms with van der Waals surface area (Å²) in [6.45, 7) is 2.31. The molecule has 2 aromatic rings. The van der Waals surface area contributed by atoms with Crippen LogP contribution in [-0.2, 0) is 25.6 Å². The van der Waals surface area contributed by atoms with Gasteiger partial charge in [-0.1, -0.05) is 12.1 Å². The van der Waals surface area contributed by atoms with E-state index < -0.39 is 11.7 Å². The Morgan fingerprint density at radius 2 is 1.96 bits per heavy atom. The fraction of sp³-hybridized carbons (Fsp3) is 0.444. The zero-order valence-corrected chi connectivity index (χ0v) is 14.2. The molecule has 1 aromatic heterocycles. The van der Waals surface area contributed by atoms with E-state index in [1.54, 1.807) is 6.92 Å². The van der Waals surface area contributed by atoms with Crippen LogP contribution in [0.25, 0.3) is 0 Å². The molecule has 0 saturated carbocycles. The summed E-state index contributed by atoms with van der Waals surface area (Å²) in [5.41, 5.74) is 1.67. The lowest BCUT2D eigenvalue weighted by Crippen LogP contribution is -2.39. The van der Waals surface area contributed by atoms with Crippen molar-refractivity contribution in [3.05, 3.63) is 62.8 Å². The fourth-order valence-corrected chi connectivity index (χ4v) is 3.32. The van der Waals surface area contributed by atoms with Crippen LogP contribution >= 0.6 is 0 Å². The lowest BCUT2D eigenvalue weighted by Gasteiger charge is -2.31. The number of alkyl halides is 3. The van der Waals surface area contributed by atoms with E-state index in [9.17, 15) is 18.0 Å². The number of hydrogen-bond acceptors (Lipinski definition) is 3. The van der Waals surface area contributed by atoms with Crippen LogP contribution in [0.5, 0.6) is 0 Å². The van der Waals surface area contributed by atoms with Gasteiger partial charge in [0.25, 0.3) is 5.56 Å². The summed E-state index contributed by atoms with van der Waals surface area (Å²) < 4.78 is 37.9. The number of likely N-dealkylation sites (N-methyl/N-ethyl adjacent to an activating group) is 1. The number of hydrogen-bond donors (Lipinski definition) is 1. The molecule has 1 unspecified atom stereocenters. The summed E-state index contributed by atoms with van der Waals surface area (Å²) in [5.74, 6) is 0.625. The van der Waals surface area contributed by atoms with Gasteiger partial charge in [-0.25, -0.2) is 4.98 Å². The fourth-order valence-electron chi connectivity index (χ4n) is 3.32. The molecule has 0 amide bonds. The highest BCUT2D eigenvalue weighted by Crippen LogP contribution is 2.29. The second-order valence-electron chi connectivity index (χ2n) is 6.58. The van der Waals surface area contributed by atoms with Gasteiger partial charge in [0.2, 0.25) is 0 Å². The monoisotopic (exact) mass is 351 g/mol. The molecular formula is C18H20F3N3O. The third kappa shape index (κ3) is 3.92. The van der Waals surface area contributed by atoms with Crippen molar-refractivity contribution in [3.63, 3.8) is 0 Å². The number of rotatable bonds is 3. The lowest BCUT2D eigenvalue weighted by molar-refractivity contribution is -0.137. The zero-order valence-electron chi connectivity index (χ0n) is 14.2. The van der Waals surface area contributed by atoms with E-state index >= 15 is 0 Å². The van der Waals surface area contributed by atoms with Crippen molar-refractivity contribution in [2.24, 2.45) is 0 Å². The first-order chi connectivity index (χ1) is 11.7. The number of aromatic amines is 1. The smallest absolute Gasteiger partial charge is 0.311 e. The van der Waals surface area contributed by atoms with E-state index in [4.69, 9.17) is 0 Å². The molecule has 1 aliphatic carbocycles. The minimum atomic E-state index is -4.32. The quantitative estimate of drug-likeness (QED) is 0.925. The Morgan fingerprint density at radius 3 is 2.60 bits per heavy atom. The van der Waals surface area contributed by atoms with Crippen LogP contribution in [0.2, 0.25) is 0 Å². The maximum absolute atomic E-state index is 12.6. The van der Waals surface area contributed by atoms with Gasteiger partial charge in [-0.2, -0.15) is 13.2 Å². The van der Waals surface area contributed by atoms with E-state index in [0.717, 1.165) is 41.8 Å². The first-order valence-corrected chi connectivity index (χ1v) is 8.19. The van der Waals surface area contributed by atoms with E-state index in [1.165, 1.54) is 12.1 Å². The summed E-state index contributed by atoms with van der Waals surface area (Å²) in [6.07, 6.45) is -2.10. The Balaban J connectivity index is 1.70. The van der Waals surface area contributed by atoms with Gasteiger partial charge >= 0.3 is 6.18 Å². The first kappa shape index (κ1) is 17.7. The van der Waals surface area contributed by atoms with Crippen LogP contribution in [-0.4, -0.2) is 28.0 Å². The van der Waals surface area contributed by atoms with Gasteiger partial charge in [-0.3, -0.25) is 9.69 Å². The van der Waals surface area contributed by atoms with Crippen LogP contribution in [0.1, 0.15) is 34.6 Å². The topological polar surface area (TPSA) is 49.0 Å². The Bertz CT molecular complexity index is 812. The Labute approximate surface area is 143 Å². The minimum Gasteiger partial charge on any atom is -0.311 e. The van der Waals surface area contributed by atoms with Gasteiger partial charge in [0.05, 0.1) is 11.3 Å². The molecule has 1 aromatic carbocycles. The normalized spacial score (nSPS) is 17.6. The van der Waals surface area contributed by atoms with E-state index in [-0.39, 0.29) is 11.6 Å². The maximum Gasteiger partial charge on any atom is 0.416 e. The summed E-state index contributed by atoms with van der Waals surface area (Å²) in [6, 6.07) is 5.40. The molecule has 1 N–H and O–H groups in total. The number of halogens is 3. The van der Waals surface area contributed by atoms with Gasteiger partial charge < -0.3 is 4.98 Å². The largest absolute Gasteiger partial charge is 0.416 e. The predicted octanol–water partition coefficient (Wildman–Crippen LogP) is 3.09. The molecular weight excluding hydrogens is 331 g/mol. The van der Waals surface area contributed by atoms with Crippen LogP contribution in [0, 0.1) is 6.92 Å².